The van der Waals surface area contributed by atoms with Crippen molar-refractivity contribution in [1.82, 2.24) is 4.90 Å². The van der Waals surface area contributed by atoms with Gasteiger partial charge in [-0.3, -0.25) is 14.5 Å². The second-order valence-electron chi connectivity index (χ2n) is 8.02. The molecule has 1 saturated heterocycles. The smallest absolute Gasteiger partial charge is 0.339 e. The molecule has 38 heavy (non-hydrogen) atoms. The Morgan fingerprint density at radius 3 is 2.34 bits per heavy atom. The van der Waals surface area contributed by atoms with Gasteiger partial charge in [-0.05, 0) is 78.9 Å². The Labute approximate surface area is 234 Å². The number of amides is 2. The third kappa shape index (κ3) is 6.44. The van der Waals surface area contributed by atoms with E-state index < -0.39 is 21.3 Å². The number of carbonyl (C=O) groups is 2. The molecule has 0 spiro atoms. The molecule has 4 rings (SSSR count). The lowest BCUT2D eigenvalue weighted by atomic mass is 10.2. The number of carbonyl (C=O) groups excluding carboxylic acids is 2. The van der Waals surface area contributed by atoms with Crippen LogP contribution in [0, 0.1) is 6.92 Å². The summed E-state index contributed by atoms with van der Waals surface area (Å²) in [4.78, 5) is 26.5. The average Bonchev–Trinajstić information content (AvgIpc) is 3.14. The van der Waals surface area contributed by atoms with Crippen molar-refractivity contribution in [3.8, 4) is 17.2 Å². The van der Waals surface area contributed by atoms with Crippen molar-refractivity contribution in [2.75, 3.05) is 20.3 Å². The maximum absolute atomic E-state index is 12.9. The number of ether oxygens (including phenoxy) is 2. The highest BCUT2D eigenvalue weighted by molar-refractivity contribution is 8.18. The van der Waals surface area contributed by atoms with Gasteiger partial charge in [0.05, 0.1) is 23.6 Å². The van der Waals surface area contributed by atoms with Gasteiger partial charge in [0.2, 0.25) is 5.75 Å². The van der Waals surface area contributed by atoms with Crippen LogP contribution < -0.4 is 13.7 Å². The molecule has 3 aromatic carbocycles. The molecule has 1 heterocycles. The summed E-state index contributed by atoms with van der Waals surface area (Å²) in [6.45, 7) is 2.18. The fourth-order valence-corrected chi connectivity index (χ4v) is 5.65. The first-order valence-electron chi connectivity index (χ1n) is 11.1. The summed E-state index contributed by atoms with van der Waals surface area (Å²) in [5.41, 5.74) is 1.50. The molecule has 2 amide bonds. The van der Waals surface area contributed by atoms with Crippen LogP contribution in [0.1, 0.15) is 11.1 Å². The number of benzene rings is 3. The van der Waals surface area contributed by atoms with Crippen LogP contribution in [0.5, 0.6) is 17.2 Å². The molecule has 8 nitrogen and oxygen atoms in total. The maximum Gasteiger partial charge on any atom is 0.339 e. The Morgan fingerprint density at radius 1 is 1.00 bits per heavy atom. The highest BCUT2D eigenvalue weighted by Crippen LogP contribution is 2.40. The van der Waals surface area contributed by atoms with Crippen molar-refractivity contribution < 1.29 is 31.7 Å². The van der Waals surface area contributed by atoms with Crippen molar-refractivity contribution in [2.45, 2.75) is 11.8 Å². The van der Waals surface area contributed by atoms with Crippen LogP contribution >= 0.6 is 35.0 Å². The zero-order valence-electron chi connectivity index (χ0n) is 20.1. The molecule has 0 atom stereocenters. The minimum Gasteiger partial charge on any atom is -0.493 e. The summed E-state index contributed by atoms with van der Waals surface area (Å²) >= 11 is 12.9. The van der Waals surface area contributed by atoms with Crippen molar-refractivity contribution in [1.29, 1.82) is 0 Å². The van der Waals surface area contributed by atoms with Gasteiger partial charge in [0, 0.05) is 5.02 Å². The first-order chi connectivity index (χ1) is 18.1. The molecule has 3 aromatic rings. The molecule has 1 fully saturated rings. The normalized spacial score (nSPS) is 14.7. The second-order valence-corrected chi connectivity index (χ2v) is 11.4. The minimum absolute atomic E-state index is 0.0204. The lowest BCUT2D eigenvalue weighted by Crippen LogP contribution is -2.32. The van der Waals surface area contributed by atoms with Gasteiger partial charge in [-0.2, -0.15) is 8.42 Å². The summed E-state index contributed by atoms with van der Waals surface area (Å²) in [6.07, 6.45) is 1.47. The number of methoxy groups -OCH3 is 1. The second kappa shape index (κ2) is 11.7. The van der Waals surface area contributed by atoms with Crippen LogP contribution in [-0.2, 0) is 14.9 Å². The molecule has 0 unspecified atom stereocenters. The molecule has 0 bridgehead atoms. The molecule has 0 N–H and O–H groups in total. The summed E-state index contributed by atoms with van der Waals surface area (Å²) in [5.74, 6) is -0.0388. The third-order valence-corrected chi connectivity index (χ3v) is 8.00. The molecular weight excluding hydrogens is 573 g/mol. The molecule has 198 valence electrons. The molecule has 1 aliphatic rings. The predicted molar refractivity (Wildman–Crippen MR) is 147 cm³/mol. The van der Waals surface area contributed by atoms with Gasteiger partial charge in [0.25, 0.3) is 11.1 Å². The summed E-state index contributed by atoms with van der Waals surface area (Å²) in [7, 11) is -2.92. The number of hydrogen-bond acceptors (Lipinski definition) is 8. The fraction of sp³-hybridized carbons (Fsp3) is 0.154. The van der Waals surface area contributed by atoms with Crippen LogP contribution in [0.2, 0.25) is 10.0 Å². The number of nitrogens with zero attached hydrogens (tertiary/aromatic N) is 1. The monoisotopic (exact) mass is 593 g/mol. The average molecular weight is 594 g/mol. The first kappa shape index (κ1) is 27.8. The number of imide groups is 1. The Bertz CT molecular complexity index is 1510. The van der Waals surface area contributed by atoms with E-state index >= 15 is 0 Å². The zero-order chi connectivity index (χ0) is 27.4. The van der Waals surface area contributed by atoms with Crippen LogP contribution in [-0.4, -0.2) is 44.7 Å². The van der Waals surface area contributed by atoms with Gasteiger partial charge < -0.3 is 13.7 Å². The highest BCUT2D eigenvalue weighted by Gasteiger charge is 2.35. The van der Waals surface area contributed by atoms with Gasteiger partial charge in [-0.15, -0.1) is 0 Å². The number of rotatable bonds is 9. The number of hydrogen-bond donors (Lipinski definition) is 0. The predicted octanol–water partition coefficient (Wildman–Crippen LogP) is 6.19. The van der Waals surface area contributed by atoms with E-state index in [1.54, 1.807) is 0 Å². The standard InChI is InChI=1S/C26H21Cl2NO7S2/c1-16-3-7-19(8-4-16)35-12-11-29-25(30)23(37-26(29)31)15-17-13-21(28)24(22(14-17)34-2)36-38(32,33)20-9-5-18(27)6-10-20/h3-10,13-15H,11-12H2,1-2H3/b23-15-. The van der Waals surface area contributed by atoms with E-state index in [0.29, 0.717) is 16.3 Å². The highest BCUT2D eigenvalue weighted by atomic mass is 35.5. The number of aryl methyl sites for hydroxylation is 1. The van der Waals surface area contributed by atoms with Gasteiger partial charge >= 0.3 is 10.1 Å². The molecule has 12 heteroatoms. The fourth-order valence-electron chi connectivity index (χ4n) is 3.40. The molecule has 0 saturated carbocycles. The van der Waals surface area contributed by atoms with Gasteiger partial charge in [0.1, 0.15) is 17.3 Å². The van der Waals surface area contributed by atoms with Gasteiger partial charge in [-0.1, -0.05) is 40.9 Å². The number of halogens is 2. The van der Waals surface area contributed by atoms with E-state index in [9.17, 15) is 18.0 Å². The molecule has 1 aliphatic heterocycles. The van der Waals surface area contributed by atoms with Crippen LogP contribution in [0.25, 0.3) is 6.08 Å². The molecular formula is C26H21Cl2NO7S2. The Kier molecular flexibility index (Phi) is 8.57. The Hall–Kier alpha value is -3.18. The SMILES string of the molecule is COc1cc(/C=C2\SC(=O)N(CCOc3ccc(C)cc3)C2=O)cc(Cl)c1OS(=O)(=O)c1ccc(Cl)cc1. The lowest BCUT2D eigenvalue weighted by Gasteiger charge is -2.14. The van der Waals surface area contributed by atoms with E-state index in [-0.39, 0.29) is 39.5 Å². The largest absolute Gasteiger partial charge is 0.493 e. The third-order valence-electron chi connectivity index (χ3n) is 5.32. The van der Waals surface area contributed by atoms with E-state index in [1.807, 2.05) is 31.2 Å². The molecule has 0 aromatic heterocycles. The first-order valence-corrected chi connectivity index (χ1v) is 14.1. The summed E-state index contributed by atoms with van der Waals surface area (Å²) in [5, 5.41) is -0.133. The Balaban J connectivity index is 1.49. The Morgan fingerprint density at radius 2 is 1.68 bits per heavy atom. The summed E-state index contributed by atoms with van der Waals surface area (Å²) in [6, 6.07) is 15.7. The van der Waals surface area contributed by atoms with Crippen LogP contribution in [0.3, 0.4) is 0 Å². The molecule has 0 radical (unpaired) electrons. The van der Waals surface area contributed by atoms with E-state index in [4.69, 9.17) is 36.9 Å². The molecule has 0 aliphatic carbocycles. The lowest BCUT2D eigenvalue weighted by molar-refractivity contribution is -0.123. The summed E-state index contributed by atoms with van der Waals surface area (Å²) < 4.78 is 41.6. The van der Waals surface area contributed by atoms with Crippen LogP contribution in [0.15, 0.2) is 70.5 Å². The van der Waals surface area contributed by atoms with E-state index in [1.165, 1.54) is 49.6 Å². The quantitative estimate of drug-likeness (QED) is 0.214. The van der Waals surface area contributed by atoms with Crippen molar-refractivity contribution in [3.63, 3.8) is 0 Å². The van der Waals surface area contributed by atoms with Gasteiger partial charge in [-0.25, -0.2) is 0 Å². The van der Waals surface area contributed by atoms with Crippen molar-refractivity contribution in [2.24, 2.45) is 0 Å². The van der Waals surface area contributed by atoms with Crippen molar-refractivity contribution in [3.05, 3.63) is 86.7 Å². The van der Waals surface area contributed by atoms with Crippen molar-refractivity contribution >= 4 is 62.3 Å². The van der Waals surface area contributed by atoms with E-state index in [2.05, 4.69) is 0 Å². The zero-order valence-corrected chi connectivity index (χ0v) is 23.3. The number of thioether (sulfide) groups is 1. The van der Waals surface area contributed by atoms with E-state index in [0.717, 1.165) is 22.2 Å². The van der Waals surface area contributed by atoms with Crippen LogP contribution in [0.4, 0.5) is 4.79 Å². The van der Waals surface area contributed by atoms with Gasteiger partial charge in [0.15, 0.2) is 5.75 Å². The topological polar surface area (TPSA) is 99.2 Å². The maximum atomic E-state index is 12.9. The minimum atomic E-state index is -4.23.